The first kappa shape index (κ1) is 103. The van der Waals surface area contributed by atoms with Gasteiger partial charge < -0.3 is 60.2 Å². The highest BCUT2D eigenvalue weighted by atomic mass is 35.5. The number of para-hydroxylation sites is 2. The average Bonchev–Trinajstić information content (AvgIpc) is 1.88. The average molecular weight is 1870 g/mol. The smallest absolute Gasteiger partial charge is 0.287 e. The Labute approximate surface area is 788 Å². The van der Waals surface area contributed by atoms with E-state index in [2.05, 4.69) is 47.0 Å². The lowest BCUT2D eigenvalue weighted by atomic mass is 10.0. The number of nitrogens with zero attached hydrogens (tertiary/aromatic N) is 9. The highest BCUT2D eigenvalue weighted by Crippen LogP contribution is 2.29. The minimum Gasteiger partial charge on any atom is -0.363 e. The van der Waals surface area contributed by atoms with Gasteiger partial charge >= 0.3 is 0 Å². The minimum absolute atomic E-state index is 0.134. The van der Waals surface area contributed by atoms with Gasteiger partial charge in [-0.15, -0.1) is 0 Å². The number of nitrogens with two attached hydrogens (primary N) is 5. The molecule has 6 atom stereocenters. The fourth-order valence-electron chi connectivity index (χ4n) is 14.4. The van der Waals surface area contributed by atoms with Gasteiger partial charge in [0.25, 0.3) is 53.2 Å². The molecule has 15 N–H and O–H groups in total. The Bertz CT molecular complexity index is 6180. The molecule has 5 heterocycles. The van der Waals surface area contributed by atoms with Gasteiger partial charge in [-0.25, -0.2) is 4.68 Å². The maximum absolute atomic E-state index is 13.3. The molecule has 6 unspecified atom stereocenters. The standard InChI is InChI=1S/C26H22N4O3.C21H23N3O3.C19H24N4O3.C17H19ClN4O3.C16H17ClN4O3/c27-25(32)24(31)22(16-18-10-4-1-5-11-18)28-26(33)21-17-30(20-14-8-3-9-15-20)29-23(21)19-12-6-2-7-13-19;22-20(26)19(25)17(14-15-8-3-1-4-9-15)23-21(27)18-12-7-13-24(18)16-10-5-2-6-11-16;1-12-10-15(23(22-12)19(2,3)4)18(26)21-14(16(24)17(20)25)11-13-8-6-5-7-9-13;1-3-22-14(13(18)10(2)21-22)17(25)20-12(15(23)16(19)24)9-11-7-5-4-6-8-11;1-2-21-13(11(17)9-19-21)16(24)20-12(14(22)15(18)23)8-10-6-4-3-5-7-10/h1-15,17,22H,16H2,(H2,27,32)(H,28,33);1-6,8-11,17-18H,7,12-14H2,(H2,22,26)(H,23,27);5-10,14H,11H2,1-4H3,(H2,20,25)(H,21,26);4-8,12H,3,9H2,1-2H3,(H2,19,24)(H,20,25);3-7,9,12H,2,8H2,1H3,(H2,18,23)(H,20,24). The number of amides is 10. The molecule has 0 saturated carbocycles. The molecule has 13 rings (SSSR count). The van der Waals surface area contributed by atoms with Crippen LogP contribution in [0.5, 0.6) is 0 Å². The van der Waals surface area contributed by atoms with Crippen LogP contribution in [-0.4, -0.2) is 170 Å². The zero-order chi connectivity index (χ0) is 98.2. The number of carbonyl (C=O) groups excluding carboxylic acids is 15. The third kappa shape index (κ3) is 29.3. The van der Waals surface area contributed by atoms with E-state index in [9.17, 15) is 71.9 Å². The van der Waals surface area contributed by atoms with Crippen molar-refractivity contribution in [3.63, 3.8) is 0 Å². The van der Waals surface area contributed by atoms with Crippen molar-refractivity contribution in [2.24, 2.45) is 28.7 Å². The molecule has 0 aliphatic carbocycles. The Balaban J connectivity index is 0.000000190. The van der Waals surface area contributed by atoms with Crippen LogP contribution in [0, 0.1) is 13.8 Å². The van der Waals surface area contributed by atoms with Gasteiger partial charge in [-0.1, -0.05) is 242 Å². The van der Waals surface area contributed by atoms with Crippen molar-refractivity contribution in [1.29, 1.82) is 0 Å². The first-order valence-electron chi connectivity index (χ1n) is 42.9. The zero-order valence-corrected chi connectivity index (χ0v) is 76.7. The van der Waals surface area contributed by atoms with E-state index < -0.39 is 118 Å². The van der Waals surface area contributed by atoms with E-state index in [1.54, 1.807) is 90.9 Å². The summed E-state index contributed by atoms with van der Waals surface area (Å²) in [7, 11) is 0. The molecular formula is C99H105Cl2N19O15. The molecule has 12 aromatic rings. The van der Waals surface area contributed by atoms with Crippen LogP contribution in [-0.2, 0) is 103 Å². The highest BCUT2D eigenvalue weighted by molar-refractivity contribution is 6.40. The maximum atomic E-state index is 13.3. The number of halogens is 2. The Kier molecular flexibility index (Phi) is 37.5. The summed E-state index contributed by atoms with van der Waals surface area (Å²) >= 11 is 12.1. The quantitative estimate of drug-likeness (QED) is 0.0168. The minimum atomic E-state index is -1.11. The highest BCUT2D eigenvalue weighted by Gasteiger charge is 2.37. The monoisotopic (exact) mass is 1870 g/mol. The van der Waals surface area contributed by atoms with Crippen molar-refractivity contribution in [2.75, 3.05) is 11.4 Å². The Hall–Kier alpha value is -16.0. The number of rotatable bonds is 35. The largest absolute Gasteiger partial charge is 0.363 e. The van der Waals surface area contributed by atoms with E-state index in [0.29, 0.717) is 42.3 Å². The Morgan fingerprint density at radius 1 is 0.415 bits per heavy atom. The van der Waals surface area contributed by atoms with Crippen LogP contribution in [0.25, 0.3) is 16.9 Å². The number of hydrogen-bond acceptors (Lipinski definition) is 20. The molecule has 0 spiro atoms. The van der Waals surface area contributed by atoms with Crippen LogP contribution in [0.1, 0.15) is 128 Å². The van der Waals surface area contributed by atoms with Gasteiger partial charge in [0.1, 0.15) is 59.0 Å². The van der Waals surface area contributed by atoms with Crippen molar-refractivity contribution in [2.45, 2.75) is 148 Å². The van der Waals surface area contributed by atoms with Gasteiger partial charge in [0, 0.05) is 69.2 Å². The van der Waals surface area contributed by atoms with Crippen molar-refractivity contribution in [1.82, 2.24) is 65.7 Å². The van der Waals surface area contributed by atoms with Gasteiger partial charge in [0.2, 0.25) is 34.8 Å². The molecule has 4 aromatic heterocycles. The summed E-state index contributed by atoms with van der Waals surface area (Å²) in [5, 5.41) is 30.7. The van der Waals surface area contributed by atoms with Crippen molar-refractivity contribution in [3.05, 3.63) is 333 Å². The normalized spacial score (nSPS) is 13.0. The fourth-order valence-corrected chi connectivity index (χ4v) is 14.8. The second kappa shape index (κ2) is 49.3. The van der Waals surface area contributed by atoms with Crippen molar-refractivity contribution < 1.29 is 71.9 Å². The number of carbonyl (C=O) groups is 15. The maximum Gasteiger partial charge on any atom is 0.287 e. The van der Waals surface area contributed by atoms with Crippen molar-refractivity contribution in [3.8, 4) is 16.9 Å². The number of aromatic nitrogens is 8. The molecule has 8 aromatic carbocycles. The van der Waals surface area contributed by atoms with Gasteiger partial charge in [-0.05, 0) is 119 Å². The summed E-state index contributed by atoms with van der Waals surface area (Å²) < 4.78 is 6.07. The molecule has 1 aliphatic rings. The number of nitrogens with one attached hydrogen (secondary N) is 5. The Morgan fingerprint density at radius 2 is 0.756 bits per heavy atom. The molecule has 34 nitrogen and oxygen atoms in total. The van der Waals surface area contributed by atoms with Crippen LogP contribution < -0.4 is 60.2 Å². The summed E-state index contributed by atoms with van der Waals surface area (Å²) in [6.07, 6.45) is 5.38. The SMILES string of the molecule is CCn1nc(C)c(Cl)c1C(=O)NC(Cc1ccccc1)C(=O)C(N)=O.CCn1ncc(Cl)c1C(=O)NC(Cc1ccccc1)C(=O)C(N)=O.Cc1cc(C(=O)NC(Cc2ccccc2)C(=O)C(N)=O)n(C(C)(C)C)n1.NC(=O)C(=O)C(Cc1ccccc1)NC(=O)C1CCCN1c1ccccc1.NC(=O)C(=O)C(Cc1ccccc1)NC(=O)c1cn(-c2ccccc2)nc1-c1ccccc1. The van der Waals surface area contributed by atoms with E-state index in [0.717, 1.165) is 57.7 Å². The van der Waals surface area contributed by atoms with Crippen LogP contribution in [0.3, 0.4) is 0 Å². The molecule has 1 saturated heterocycles. The summed E-state index contributed by atoms with van der Waals surface area (Å²) in [6.45, 7) is 14.5. The molecule has 0 radical (unpaired) electrons. The van der Waals surface area contributed by atoms with Crippen molar-refractivity contribution >= 4 is 117 Å². The molecule has 10 amide bonds. The second-order valence-corrected chi connectivity index (χ2v) is 32.7. The fraction of sp³-hybridized carbons (Fsp3) is 0.242. The van der Waals surface area contributed by atoms with Gasteiger partial charge in [-0.2, -0.15) is 20.4 Å². The van der Waals surface area contributed by atoms with E-state index in [1.807, 2.05) is 227 Å². The number of benzene rings is 8. The van der Waals surface area contributed by atoms with E-state index in [4.69, 9.17) is 51.9 Å². The summed E-state index contributed by atoms with van der Waals surface area (Å²) in [5.74, 6) is -12.1. The lowest BCUT2D eigenvalue weighted by Gasteiger charge is -2.27. The first-order valence-corrected chi connectivity index (χ1v) is 43.7. The van der Waals surface area contributed by atoms with E-state index in [-0.39, 0.29) is 71.0 Å². The predicted octanol–water partition coefficient (Wildman–Crippen LogP) is 7.93. The number of ketones is 5. The zero-order valence-electron chi connectivity index (χ0n) is 75.2. The van der Waals surface area contributed by atoms with Crippen LogP contribution >= 0.6 is 23.2 Å². The third-order valence-electron chi connectivity index (χ3n) is 21.0. The summed E-state index contributed by atoms with van der Waals surface area (Å²) in [6, 6.07) is 69.9. The molecule has 1 aliphatic heterocycles. The van der Waals surface area contributed by atoms with Crippen LogP contribution in [0.15, 0.2) is 261 Å². The van der Waals surface area contributed by atoms with Crippen LogP contribution in [0.4, 0.5) is 5.69 Å². The van der Waals surface area contributed by atoms with Gasteiger partial charge in [0.05, 0.1) is 44.4 Å². The first-order chi connectivity index (χ1) is 64.5. The number of aryl methyl sites for hydroxylation is 4. The second-order valence-electron chi connectivity index (χ2n) is 32.0. The summed E-state index contributed by atoms with van der Waals surface area (Å²) in [5.41, 5.74) is 34.4. The lowest BCUT2D eigenvalue weighted by molar-refractivity contribution is -0.138. The molecule has 135 heavy (non-hydrogen) atoms. The summed E-state index contributed by atoms with van der Waals surface area (Å²) in [4.78, 5) is 184. The molecule has 1 fully saturated rings. The number of primary amides is 5. The lowest BCUT2D eigenvalue weighted by Crippen LogP contribution is -2.52. The van der Waals surface area contributed by atoms with E-state index >= 15 is 0 Å². The van der Waals surface area contributed by atoms with Crippen LogP contribution in [0.2, 0.25) is 10.0 Å². The third-order valence-corrected chi connectivity index (χ3v) is 21.7. The molecule has 700 valence electrons. The Morgan fingerprint density at radius 3 is 1.13 bits per heavy atom. The van der Waals surface area contributed by atoms with Gasteiger partial charge in [0.15, 0.2) is 0 Å². The number of anilines is 1. The number of Topliss-reactive ketones (excluding diaryl/α,β-unsaturated/α-hetero) is 5. The molecule has 36 heteroatoms. The number of hydrogen-bond donors (Lipinski definition) is 10. The predicted molar refractivity (Wildman–Crippen MR) is 507 cm³/mol. The molecule has 0 bridgehead atoms. The topological polar surface area (TPSA) is 521 Å². The van der Waals surface area contributed by atoms with Gasteiger partial charge in [-0.3, -0.25) is 86.0 Å². The van der Waals surface area contributed by atoms with E-state index in [1.165, 1.54) is 15.6 Å². The molecular weight excluding hydrogens is 1770 g/mol.